The maximum Gasteiger partial charge on any atom is 0.274 e. The summed E-state index contributed by atoms with van der Waals surface area (Å²) in [6.07, 6.45) is 3.00. The molecule has 2 heterocycles. The molecule has 0 N–H and O–H groups in total. The van der Waals surface area contributed by atoms with Gasteiger partial charge in [-0.25, -0.2) is 13.4 Å². The van der Waals surface area contributed by atoms with Crippen LogP contribution in [0, 0.1) is 6.92 Å². The highest BCUT2D eigenvalue weighted by atomic mass is 32.2. The number of piperidine rings is 1. The van der Waals surface area contributed by atoms with Gasteiger partial charge in [-0.1, -0.05) is 37.3 Å². The Balaban J connectivity index is 1.36. The lowest BCUT2D eigenvalue weighted by Gasteiger charge is -2.31. The molecule has 7 nitrogen and oxygen atoms in total. The normalized spacial score (nSPS) is 15.1. The van der Waals surface area contributed by atoms with Crippen molar-refractivity contribution in [3.8, 4) is 5.19 Å². The lowest BCUT2D eigenvalue weighted by Crippen LogP contribution is -2.41. The first-order valence-electron chi connectivity index (χ1n) is 12.3. The standard InChI is InChI=1S/C26H33N3O4S2/c1-4-15-29(16-5-2)35(31,32)22-11-9-20(10-12-22)25(30)28-17-13-21(14-18-28)33-26-27-24-19(3)7-6-8-23(24)34-26/h6-12,21H,4-5,13-18H2,1-3H3. The summed E-state index contributed by atoms with van der Waals surface area (Å²) in [6.45, 7) is 8.14. The molecule has 0 bridgehead atoms. The molecule has 1 aromatic heterocycles. The number of ether oxygens (including phenoxy) is 1. The summed E-state index contributed by atoms with van der Waals surface area (Å²) in [4.78, 5) is 19.7. The van der Waals surface area contributed by atoms with Crippen molar-refractivity contribution in [1.82, 2.24) is 14.2 Å². The van der Waals surface area contributed by atoms with Gasteiger partial charge in [0.1, 0.15) is 6.10 Å². The van der Waals surface area contributed by atoms with Crippen molar-refractivity contribution in [3.63, 3.8) is 0 Å². The first-order chi connectivity index (χ1) is 16.8. The summed E-state index contributed by atoms with van der Waals surface area (Å²) in [5.41, 5.74) is 2.62. The highest BCUT2D eigenvalue weighted by molar-refractivity contribution is 7.89. The minimum atomic E-state index is -3.56. The number of amides is 1. The fourth-order valence-electron chi connectivity index (χ4n) is 4.39. The van der Waals surface area contributed by atoms with Crippen LogP contribution in [0.25, 0.3) is 10.2 Å². The number of benzene rings is 2. The van der Waals surface area contributed by atoms with Gasteiger partial charge in [-0.3, -0.25) is 4.79 Å². The molecule has 1 fully saturated rings. The molecule has 35 heavy (non-hydrogen) atoms. The maximum atomic E-state index is 13.0. The van der Waals surface area contributed by atoms with Crippen molar-refractivity contribution in [2.75, 3.05) is 26.2 Å². The summed E-state index contributed by atoms with van der Waals surface area (Å²) in [5, 5.41) is 0.677. The number of hydrogen-bond acceptors (Lipinski definition) is 6. The number of aromatic nitrogens is 1. The second-order valence-corrected chi connectivity index (χ2v) is 11.9. The summed E-state index contributed by atoms with van der Waals surface area (Å²) in [5.74, 6) is -0.0815. The van der Waals surface area contributed by atoms with Crippen molar-refractivity contribution < 1.29 is 17.9 Å². The first kappa shape index (κ1) is 25.6. The molecule has 0 aliphatic carbocycles. The smallest absolute Gasteiger partial charge is 0.274 e. The number of aryl methyl sites for hydroxylation is 1. The van der Waals surface area contributed by atoms with E-state index in [9.17, 15) is 13.2 Å². The zero-order chi connectivity index (χ0) is 25.0. The van der Waals surface area contributed by atoms with Crippen LogP contribution in [0.4, 0.5) is 0 Å². The molecule has 0 saturated carbocycles. The molecule has 0 unspecified atom stereocenters. The molecule has 1 amide bonds. The molecular formula is C26H33N3O4S2. The van der Waals surface area contributed by atoms with E-state index in [-0.39, 0.29) is 16.9 Å². The van der Waals surface area contributed by atoms with Gasteiger partial charge in [-0.05, 0) is 55.7 Å². The summed E-state index contributed by atoms with van der Waals surface area (Å²) in [6, 6.07) is 12.5. The Morgan fingerprint density at radius 2 is 1.74 bits per heavy atom. The molecule has 0 spiro atoms. The largest absolute Gasteiger partial charge is 0.467 e. The Morgan fingerprint density at radius 1 is 1.09 bits per heavy atom. The van der Waals surface area contributed by atoms with E-state index in [0.29, 0.717) is 36.9 Å². The van der Waals surface area contributed by atoms with Crippen LogP contribution >= 0.6 is 11.3 Å². The highest BCUT2D eigenvalue weighted by Gasteiger charge is 2.27. The van der Waals surface area contributed by atoms with E-state index < -0.39 is 10.0 Å². The number of rotatable bonds is 9. The third kappa shape index (κ3) is 5.68. The molecule has 3 aromatic rings. The molecule has 4 rings (SSSR count). The van der Waals surface area contributed by atoms with Gasteiger partial charge in [-0.2, -0.15) is 4.31 Å². The predicted molar refractivity (Wildman–Crippen MR) is 140 cm³/mol. The topological polar surface area (TPSA) is 79.8 Å². The van der Waals surface area contributed by atoms with Crippen LogP contribution < -0.4 is 4.74 Å². The zero-order valence-corrected chi connectivity index (χ0v) is 22.2. The van der Waals surface area contributed by atoms with Gasteiger partial charge in [0.25, 0.3) is 11.1 Å². The molecule has 2 aromatic carbocycles. The number of thiazole rings is 1. The molecule has 0 atom stereocenters. The van der Waals surface area contributed by atoms with Gasteiger partial charge < -0.3 is 9.64 Å². The highest BCUT2D eigenvalue weighted by Crippen LogP contribution is 2.31. The molecule has 0 radical (unpaired) electrons. The Kier molecular flexibility index (Phi) is 8.09. The van der Waals surface area contributed by atoms with Crippen LogP contribution in [0.2, 0.25) is 0 Å². The second-order valence-electron chi connectivity index (χ2n) is 8.94. The Bertz CT molecular complexity index is 1260. The van der Waals surface area contributed by atoms with Crippen molar-refractivity contribution in [1.29, 1.82) is 0 Å². The average Bonchev–Trinajstić information content (AvgIpc) is 3.28. The van der Waals surface area contributed by atoms with Crippen LogP contribution in [0.1, 0.15) is 55.5 Å². The summed E-state index contributed by atoms with van der Waals surface area (Å²) < 4.78 is 34.7. The van der Waals surface area contributed by atoms with Crippen LogP contribution in [-0.2, 0) is 10.0 Å². The third-order valence-electron chi connectivity index (χ3n) is 6.28. The van der Waals surface area contributed by atoms with Gasteiger partial charge in [0.2, 0.25) is 10.0 Å². The fourth-order valence-corrected chi connectivity index (χ4v) is 6.97. The quantitative estimate of drug-likeness (QED) is 0.396. The molecule has 1 aliphatic heterocycles. The third-order valence-corrected chi connectivity index (χ3v) is 9.11. The Labute approximate surface area is 211 Å². The number of carbonyl (C=O) groups excluding carboxylic acids is 1. The average molecular weight is 516 g/mol. The first-order valence-corrected chi connectivity index (χ1v) is 14.5. The predicted octanol–water partition coefficient (Wildman–Crippen LogP) is 5.10. The molecule has 188 valence electrons. The van der Waals surface area contributed by atoms with E-state index >= 15 is 0 Å². The van der Waals surface area contributed by atoms with Crippen molar-refractivity contribution in [2.45, 2.75) is 57.5 Å². The van der Waals surface area contributed by atoms with Crippen LogP contribution in [0.15, 0.2) is 47.4 Å². The van der Waals surface area contributed by atoms with Crippen LogP contribution in [0.5, 0.6) is 5.19 Å². The SMILES string of the molecule is CCCN(CCC)S(=O)(=O)c1ccc(C(=O)N2CCC(Oc3nc4c(C)cccc4s3)CC2)cc1. The van der Waals surface area contributed by atoms with E-state index in [2.05, 4.69) is 11.1 Å². The Morgan fingerprint density at radius 3 is 2.34 bits per heavy atom. The molecule has 1 aliphatic rings. The van der Waals surface area contributed by atoms with Gasteiger partial charge in [0.05, 0.1) is 15.1 Å². The summed E-state index contributed by atoms with van der Waals surface area (Å²) in [7, 11) is -3.56. The summed E-state index contributed by atoms with van der Waals surface area (Å²) >= 11 is 1.55. The number of hydrogen-bond donors (Lipinski definition) is 0. The van der Waals surface area contributed by atoms with Crippen LogP contribution in [0.3, 0.4) is 0 Å². The van der Waals surface area contributed by atoms with Gasteiger partial charge in [-0.15, -0.1) is 0 Å². The van der Waals surface area contributed by atoms with Gasteiger partial charge >= 0.3 is 0 Å². The van der Waals surface area contributed by atoms with E-state index in [1.807, 2.05) is 37.8 Å². The Hall–Kier alpha value is -2.49. The molecule has 1 saturated heterocycles. The van der Waals surface area contributed by atoms with E-state index in [4.69, 9.17) is 4.74 Å². The van der Waals surface area contributed by atoms with Crippen molar-refractivity contribution >= 4 is 37.5 Å². The van der Waals surface area contributed by atoms with Gasteiger partial charge in [0.15, 0.2) is 0 Å². The minimum Gasteiger partial charge on any atom is -0.467 e. The fraction of sp³-hybridized carbons (Fsp3) is 0.462. The van der Waals surface area contributed by atoms with Crippen molar-refractivity contribution in [3.05, 3.63) is 53.6 Å². The second kappa shape index (κ2) is 11.1. The van der Waals surface area contributed by atoms with E-state index in [0.717, 1.165) is 41.5 Å². The monoisotopic (exact) mass is 515 g/mol. The molecular weight excluding hydrogens is 482 g/mol. The lowest BCUT2D eigenvalue weighted by molar-refractivity contribution is 0.0595. The number of para-hydroxylation sites is 1. The number of sulfonamides is 1. The number of fused-ring (bicyclic) bond motifs is 1. The number of carbonyl (C=O) groups is 1. The van der Waals surface area contributed by atoms with E-state index in [1.165, 1.54) is 4.31 Å². The molecule has 9 heteroatoms. The van der Waals surface area contributed by atoms with Gasteiger partial charge in [0, 0.05) is 44.6 Å². The maximum absolute atomic E-state index is 13.0. The lowest BCUT2D eigenvalue weighted by atomic mass is 10.1. The van der Waals surface area contributed by atoms with E-state index in [1.54, 1.807) is 35.6 Å². The van der Waals surface area contributed by atoms with Crippen LogP contribution in [-0.4, -0.2) is 60.8 Å². The number of likely N-dealkylation sites (tertiary alicyclic amines) is 1. The minimum absolute atomic E-state index is 0.0237. The van der Waals surface area contributed by atoms with Crippen molar-refractivity contribution in [2.24, 2.45) is 0 Å². The number of nitrogens with zero attached hydrogens (tertiary/aromatic N) is 3. The zero-order valence-electron chi connectivity index (χ0n) is 20.6.